The highest BCUT2D eigenvalue weighted by Crippen LogP contribution is 2.65. The van der Waals surface area contributed by atoms with Crippen LogP contribution in [0.5, 0.6) is 0 Å². The number of carbonyl (C=O) groups excluding carboxylic acids is 1. The van der Waals surface area contributed by atoms with Gasteiger partial charge in [0.15, 0.2) is 5.78 Å². The van der Waals surface area contributed by atoms with Gasteiger partial charge in [0, 0.05) is 19.5 Å². The molecule has 1 aromatic carbocycles. The second kappa shape index (κ2) is 6.72. The molecule has 0 aromatic heterocycles. The summed E-state index contributed by atoms with van der Waals surface area (Å²) in [5.74, 6) is 3.29. The van der Waals surface area contributed by atoms with Crippen molar-refractivity contribution in [2.45, 2.75) is 52.0 Å². The number of ketones is 1. The van der Waals surface area contributed by atoms with Crippen LogP contribution in [0.2, 0.25) is 0 Å². The molecule has 0 radical (unpaired) electrons. The predicted molar refractivity (Wildman–Crippen MR) is 103 cm³/mol. The van der Waals surface area contributed by atoms with Gasteiger partial charge in [-0.05, 0) is 79.5 Å². The predicted octanol–water partition coefficient (Wildman–Crippen LogP) is 4.94. The summed E-state index contributed by atoms with van der Waals surface area (Å²) in [5.41, 5.74) is 3.13. The molecule has 4 aliphatic carbocycles. The highest BCUT2D eigenvalue weighted by molar-refractivity contribution is 5.93. The molecule has 4 bridgehead atoms. The molecule has 25 heavy (non-hydrogen) atoms. The van der Waals surface area contributed by atoms with Crippen LogP contribution in [0.25, 0.3) is 6.08 Å². The van der Waals surface area contributed by atoms with Crippen LogP contribution < -0.4 is 0 Å². The van der Waals surface area contributed by atoms with Crippen LogP contribution in [0.15, 0.2) is 30.3 Å². The molecule has 0 saturated heterocycles. The van der Waals surface area contributed by atoms with Crippen LogP contribution in [-0.2, 0) is 11.3 Å². The highest BCUT2D eigenvalue weighted by atomic mass is 16.1. The zero-order chi connectivity index (χ0) is 17.4. The molecular formula is C23H31NO. The van der Waals surface area contributed by atoms with E-state index in [1.54, 1.807) is 6.08 Å². The molecule has 0 spiro atoms. The summed E-state index contributed by atoms with van der Waals surface area (Å²) in [7, 11) is 2.29. The van der Waals surface area contributed by atoms with Gasteiger partial charge in [0.1, 0.15) is 0 Å². The number of carbonyl (C=O) groups is 1. The second-order valence-electron chi connectivity index (χ2n) is 8.97. The first-order valence-corrected chi connectivity index (χ1v) is 10.0. The molecule has 134 valence electrons. The van der Waals surface area contributed by atoms with E-state index >= 15 is 0 Å². The van der Waals surface area contributed by atoms with Crippen molar-refractivity contribution in [2.24, 2.45) is 23.2 Å². The number of allylic oxidation sites excluding steroid dienone is 1. The SMILES string of the molecule is CCC(=O)/C=C/c1ccc(CN(C)CC23CC4CC(CC2C4)C3)cc1. The maximum atomic E-state index is 11.4. The Morgan fingerprint density at radius 3 is 2.48 bits per heavy atom. The van der Waals surface area contributed by atoms with Crippen LogP contribution in [0.4, 0.5) is 0 Å². The minimum atomic E-state index is 0.184. The average molecular weight is 338 g/mol. The summed E-state index contributed by atoms with van der Waals surface area (Å²) in [6, 6.07) is 8.68. The molecule has 2 nitrogen and oxygen atoms in total. The van der Waals surface area contributed by atoms with Crippen LogP contribution in [0.1, 0.15) is 56.6 Å². The Labute approximate surface area is 152 Å². The van der Waals surface area contributed by atoms with Crippen molar-refractivity contribution in [2.75, 3.05) is 13.6 Å². The largest absolute Gasteiger partial charge is 0.302 e. The Kier molecular flexibility index (Phi) is 4.58. The van der Waals surface area contributed by atoms with E-state index in [2.05, 4.69) is 36.2 Å². The van der Waals surface area contributed by atoms with Crippen molar-refractivity contribution < 1.29 is 4.79 Å². The molecule has 4 saturated carbocycles. The molecule has 2 atom stereocenters. The lowest BCUT2D eigenvalue weighted by atomic mass is 9.75. The summed E-state index contributed by atoms with van der Waals surface area (Å²) in [4.78, 5) is 13.9. The van der Waals surface area contributed by atoms with Crippen LogP contribution in [-0.4, -0.2) is 24.3 Å². The van der Waals surface area contributed by atoms with Gasteiger partial charge < -0.3 is 4.90 Å². The van der Waals surface area contributed by atoms with Crippen molar-refractivity contribution >= 4 is 11.9 Å². The van der Waals surface area contributed by atoms with Crippen LogP contribution in [0, 0.1) is 23.2 Å². The minimum Gasteiger partial charge on any atom is -0.302 e. The van der Waals surface area contributed by atoms with E-state index in [1.807, 2.05) is 13.0 Å². The van der Waals surface area contributed by atoms with Crippen LogP contribution in [0.3, 0.4) is 0 Å². The number of benzene rings is 1. The quantitative estimate of drug-likeness (QED) is 0.657. The lowest BCUT2D eigenvalue weighted by Crippen LogP contribution is -2.36. The van der Waals surface area contributed by atoms with E-state index in [0.29, 0.717) is 11.8 Å². The fourth-order valence-electron chi connectivity index (χ4n) is 6.17. The first kappa shape index (κ1) is 17.0. The van der Waals surface area contributed by atoms with E-state index in [-0.39, 0.29) is 5.78 Å². The lowest BCUT2D eigenvalue weighted by Gasteiger charge is -2.36. The smallest absolute Gasteiger partial charge is 0.155 e. The Morgan fingerprint density at radius 1 is 1.16 bits per heavy atom. The summed E-state index contributed by atoms with van der Waals surface area (Å²) >= 11 is 0. The van der Waals surface area contributed by atoms with Crippen molar-refractivity contribution in [1.82, 2.24) is 4.90 Å². The average Bonchev–Trinajstić information content (AvgIpc) is 2.97. The first-order valence-electron chi connectivity index (χ1n) is 10.0. The Hall–Kier alpha value is -1.41. The van der Waals surface area contributed by atoms with Gasteiger partial charge in [-0.25, -0.2) is 0 Å². The molecule has 2 unspecified atom stereocenters. The van der Waals surface area contributed by atoms with Gasteiger partial charge in [-0.2, -0.15) is 0 Å². The van der Waals surface area contributed by atoms with Crippen molar-refractivity contribution in [3.8, 4) is 0 Å². The zero-order valence-corrected chi connectivity index (χ0v) is 15.7. The molecular weight excluding hydrogens is 306 g/mol. The second-order valence-corrected chi connectivity index (χ2v) is 8.97. The Balaban J connectivity index is 1.34. The number of hydrogen-bond donors (Lipinski definition) is 0. The topological polar surface area (TPSA) is 20.3 Å². The normalized spacial score (nSPS) is 33.0. The zero-order valence-electron chi connectivity index (χ0n) is 15.7. The third kappa shape index (κ3) is 3.46. The molecule has 0 heterocycles. The molecule has 2 heteroatoms. The molecule has 0 amide bonds. The maximum absolute atomic E-state index is 11.4. The fraction of sp³-hybridized carbons (Fsp3) is 0.609. The summed E-state index contributed by atoms with van der Waals surface area (Å²) in [5, 5.41) is 0. The lowest BCUT2D eigenvalue weighted by molar-refractivity contribution is -0.114. The van der Waals surface area contributed by atoms with E-state index in [4.69, 9.17) is 0 Å². The van der Waals surface area contributed by atoms with E-state index in [9.17, 15) is 4.79 Å². The molecule has 0 N–H and O–H groups in total. The molecule has 0 aliphatic heterocycles. The van der Waals surface area contributed by atoms with Crippen molar-refractivity contribution in [3.63, 3.8) is 0 Å². The Bertz CT molecular complexity index is 645. The number of rotatable bonds is 7. The monoisotopic (exact) mass is 337 g/mol. The number of hydrogen-bond acceptors (Lipinski definition) is 2. The van der Waals surface area contributed by atoms with E-state index in [0.717, 1.165) is 29.9 Å². The first-order chi connectivity index (χ1) is 12.1. The van der Waals surface area contributed by atoms with Gasteiger partial charge in [0.2, 0.25) is 0 Å². The summed E-state index contributed by atoms with van der Waals surface area (Å²) < 4.78 is 0. The van der Waals surface area contributed by atoms with Gasteiger partial charge in [-0.15, -0.1) is 0 Å². The minimum absolute atomic E-state index is 0.184. The third-order valence-corrected chi connectivity index (χ3v) is 6.99. The number of nitrogens with zero attached hydrogens (tertiary/aromatic N) is 1. The molecule has 1 aromatic rings. The van der Waals surface area contributed by atoms with E-state index in [1.165, 1.54) is 44.2 Å². The van der Waals surface area contributed by atoms with Gasteiger partial charge in [0.25, 0.3) is 0 Å². The standard InChI is InChI=1S/C23H31NO/c1-3-22(25)9-8-17-4-6-18(7-5-17)15-24(2)16-23-13-19-10-20(14-23)12-21(23)11-19/h4-9,19-21H,3,10-16H2,1-2H3/b9-8+. The van der Waals surface area contributed by atoms with Gasteiger partial charge in [-0.1, -0.05) is 37.3 Å². The van der Waals surface area contributed by atoms with Gasteiger partial charge in [-0.3, -0.25) is 4.79 Å². The van der Waals surface area contributed by atoms with E-state index < -0.39 is 0 Å². The summed E-state index contributed by atoms with van der Waals surface area (Å²) in [6.07, 6.45) is 11.7. The maximum Gasteiger partial charge on any atom is 0.155 e. The van der Waals surface area contributed by atoms with Crippen LogP contribution >= 0.6 is 0 Å². The van der Waals surface area contributed by atoms with Crippen molar-refractivity contribution in [1.29, 1.82) is 0 Å². The Morgan fingerprint density at radius 2 is 1.84 bits per heavy atom. The molecule has 4 aliphatic rings. The molecule has 5 rings (SSSR count). The van der Waals surface area contributed by atoms with Gasteiger partial charge >= 0.3 is 0 Å². The van der Waals surface area contributed by atoms with Gasteiger partial charge in [0.05, 0.1) is 0 Å². The third-order valence-electron chi connectivity index (χ3n) is 6.99. The summed E-state index contributed by atoms with van der Waals surface area (Å²) in [6.45, 7) is 4.20. The fourth-order valence-corrected chi connectivity index (χ4v) is 6.17. The molecule has 4 fully saturated rings. The van der Waals surface area contributed by atoms with Crippen molar-refractivity contribution in [3.05, 3.63) is 41.5 Å². The highest BCUT2D eigenvalue weighted by Gasteiger charge is 2.57.